The van der Waals surface area contributed by atoms with Crippen LogP contribution in [0, 0.1) is 19.8 Å². The quantitative estimate of drug-likeness (QED) is 0.692. The van der Waals surface area contributed by atoms with E-state index >= 15 is 0 Å². The maximum Gasteiger partial charge on any atom is -0.0152 e. The molecule has 2 rings (SSSR count). The molecule has 0 bridgehead atoms. The molecule has 2 aromatic rings. The molecular weight excluding hydrogens is 216 g/mol. The molecule has 0 unspecified atom stereocenters. The van der Waals surface area contributed by atoms with E-state index in [1.807, 2.05) is 0 Å². The second kappa shape index (κ2) is 5.39. The van der Waals surface area contributed by atoms with Crippen molar-refractivity contribution in [2.24, 2.45) is 5.92 Å². The van der Waals surface area contributed by atoms with Gasteiger partial charge in [0, 0.05) is 0 Å². The molecule has 0 aromatic heterocycles. The Hall–Kier alpha value is -1.56. The lowest BCUT2D eigenvalue weighted by molar-refractivity contribution is 0.647. The molecule has 0 N–H and O–H groups in total. The van der Waals surface area contributed by atoms with E-state index in [1.165, 1.54) is 27.8 Å². The largest absolute Gasteiger partial charge is 0.0625 e. The highest BCUT2D eigenvalue weighted by Gasteiger charge is 2.06. The van der Waals surface area contributed by atoms with Gasteiger partial charge in [-0.05, 0) is 54.0 Å². The van der Waals surface area contributed by atoms with E-state index in [0.29, 0.717) is 5.92 Å². The van der Waals surface area contributed by atoms with Crippen molar-refractivity contribution in [2.45, 2.75) is 34.1 Å². The average Bonchev–Trinajstić information content (AvgIpc) is 2.30. The van der Waals surface area contributed by atoms with E-state index < -0.39 is 0 Å². The average molecular weight is 238 g/mol. The van der Waals surface area contributed by atoms with Crippen LogP contribution in [0.2, 0.25) is 0 Å². The molecule has 18 heavy (non-hydrogen) atoms. The highest BCUT2D eigenvalue weighted by atomic mass is 14.1. The first-order valence-electron chi connectivity index (χ1n) is 6.73. The van der Waals surface area contributed by atoms with Gasteiger partial charge in [0.1, 0.15) is 0 Å². The molecule has 0 aliphatic heterocycles. The third kappa shape index (κ3) is 2.81. The summed E-state index contributed by atoms with van der Waals surface area (Å²) in [6.45, 7) is 8.93. The van der Waals surface area contributed by atoms with Gasteiger partial charge in [0.25, 0.3) is 0 Å². The predicted molar refractivity (Wildman–Crippen MR) is 79.9 cm³/mol. The summed E-state index contributed by atoms with van der Waals surface area (Å²) in [5.41, 5.74) is 6.88. The molecule has 0 heterocycles. The minimum Gasteiger partial charge on any atom is -0.0625 e. The molecule has 0 nitrogen and oxygen atoms in total. The van der Waals surface area contributed by atoms with E-state index in [9.17, 15) is 0 Å². The minimum absolute atomic E-state index is 0.716. The van der Waals surface area contributed by atoms with Crippen LogP contribution in [0.25, 0.3) is 11.1 Å². The summed E-state index contributed by atoms with van der Waals surface area (Å²) in [6.07, 6.45) is 1.16. The molecule has 0 spiro atoms. The van der Waals surface area contributed by atoms with Crippen molar-refractivity contribution in [3.8, 4) is 11.1 Å². The normalized spacial score (nSPS) is 10.9. The zero-order valence-electron chi connectivity index (χ0n) is 11.8. The molecular formula is C18H22. The third-order valence-corrected chi connectivity index (χ3v) is 3.37. The topological polar surface area (TPSA) is 0 Å². The Balaban J connectivity index is 2.39. The second-order valence-corrected chi connectivity index (χ2v) is 5.56. The van der Waals surface area contributed by atoms with Crippen molar-refractivity contribution in [3.63, 3.8) is 0 Å². The van der Waals surface area contributed by atoms with Gasteiger partial charge in [-0.1, -0.05) is 56.3 Å². The van der Waals surface area contributed by atoms with E-state index in [1.54, 1.807) is 0 Å². The van der Waals surface area contributed by atoms with Gasteiger partial charge in [0.15, 0.2) is 0 Å². The molecule has 0 atom stereocenters. The first-order valence-corrected chi connectivity index (χ1v) is 6.73. The first-order chi connectivity index (χ1) is 8.58. The van der Waals surface area contributed by atoms with Gasteiger partial charge in [-0.25, -0.2) is 0 Å². The first kappa shape index (κ1) is 12.9. The summed E-state index contributed by atoms with van der Waals surface area (Å²) >= 11 is 0. The summed E-state index contributed by atoms with van der Waals surface area (Å²) in [6, 6.07) is 15.5. The molecule has 0 fully saturated rings. The standard InChI is InChI=1S/C18H22/c1-13(2)11-16-9-10-18(15(4)12-16)17-8-6-5-7-14(17)3/h5-10,12-13H,11H2,1-4H3. The van der Waals surface area contributed by atoms with Crippen molar-refractivity contribution in [1.82, 2.24) is 0 Å². The van der Waals surface area contributed by atoms with Gasteiger partial charge in [0.05, 0.1) is 0 Å². The lowest BCUT2D eigenvalue weighted by atomic mass is 9.93. The SMILES string of the molecule is Cc1ccccc1-c1ccc(CC(C)C)cc1C. The lowest BCUT2D eigenvalue weighted by Gasteiger charge is -2.12. The number of aryl methyl sites for hydroxylation is 2. The Labute approximate surface area is 111 Å². The van der Waals surface area contributed by atoms with Crippen molar-refractivity contribution in [2.75, 3.05) is 0 Å². The van der Waals surface area contributed by atoms with Crippen LogP contribution < -0.4 is 0 Å². The van der Waals surface area contributed by atoms with E-state index in [4.69, 9.17) is 0 Å². The summed E-state index contributed by atoms with van der Waals surface area (Å²) < 4.78 is 0. The van der Waals surface area contributed by atoms with Crippen LogP contribution in [-0.2, 0) is 6.42 Å². The Kier molecular flexibility index (Phi) is 3.86. The smallest absolute Gasteiger partial charge is 0.0152 e. The maximum absolute atomic E-state index is 2.34. The fourth-order valence-electron chi connectivity index (χ4n) is 2.50. The van der Waals surface area contributed by atoms with Gasteiger partial charge in [-0.15, -0.1) is 0 Å². The van der Waals surface area contributed by atoms with Gasteiger partial charge >= 0.3 is 0 Å². The lowest BCUT2D eigenvalue weighted by Crippen LogP contribution is -1.95. The van der Waals surface area contributed by atoms with Gasteiger partial charge in [-0.3, -0.25) is 0 Å². The maximum atomic E-state index is 2.34. The Morgan fingerprint density at radius 2 is 1.50 bits per heavy atom. The predicted octanol–water partition coefficient (Wildman–Crippen LogP) is 5.17. The molecule has 0 radical (unpaired) electrons. The number of hydrogen-bond donors (Lipinski definition) is 0. The molecule has 0 amide bonds. The van der Waals surface area contributed by atoms with Crippen LogP contribution in [0.1, 0.15) is 30.5 Å². The highest BCUT2D eigenvalue weighted by Crippen LogP contribution is 2.27. The minimum atomic E-state index is 0.716. The van der Waals surface area contributed by atoms with E-state index in [2.05, 4.69) is 70.2 Å². The van der Waals surface area contributed by atoms with Crippen LogP contribution in [0.3, 0.4) is 0 Å². The number of rotatable bonds is 3. The highest BCUT2D eigenvalue weighted by molar-refractivity contribution is 5.70. The Morgan fingerprint density at radius 1 is 0.833 bits per heavy atom. The summed E-state index contributed by atoms with van der Waals surface area (Å²) in [5.74, 6) is 0.716. The van der Waals surface area contributed by atoms with Gasteiger partial charge in [0.2, 0.25) is 0 Å². The van der Waals surface area contributed by atoms with Gasteiger partial charge in [-0.2, -0.15) is 0 Å². The van der Waals surface area contributed by atoms with Crippen molar-refractivity contribution < 1.29 is 0 Å². The molecule has 0 heteroatoms. The molecule has 0 saturated heterocycles. The number of benzene rings is 2. The van der Waals surface area contributed by atoms with E-state index in [0.717, 1.165) is 6.42 Å². The monoisotopic (exact) mass is 238 g/mol. The summed E-state index contributed by atoms with van der Waals surface area (Å²) in [4.78, 5) is 0. The van der Waals surface area contributed by atoms with E-state index in [-0.39, 0.29) is 0 Å². The number of hydrogen-bond acceptors (Lipinski definition) is 0. The zero-order valence-corrected chi connectivity index (χ0v) is 11.8. The van der Waals surface area contributed by atoms with Crippen molar-refractivity contribution >= 4 is 0 Å². The van der Waals surface area contributed by atoms with Crippen LogP contribution in [0.4, 0.5) is 0 Å². The fraction of sp³-hybridized carbons (Fsp3) is 0.333. The molecule has 0 saturated carbocycles. The zero-order chi connectivity index (χ0) is 13.1. The van der Waals surface area contributed by atoms with Crippen molar-refractivity contribution in [1.29, 1.82) is 0 Å². The second-order valence-electron chi connectivity index (χ2n) is 5.56. The van der Waals surface area contributed by atoms with Crippen LogP contribution in [-0.4, -0.2) is 0 Å². The molecule has 0 aliphatic rings. The van der Waals surface area contributed by atoms with Crippen LogP contribution in [0.15, 0.2) is 42.5 Å². The fourth-order valence-corrected chi connectivity index (χ4v) is 2.50. The third-order valence-electron chi connectivity index (χ3n) is 3.37. The summed E-state index contributed by atoms with van der Waals surface area (Å²) in [7, 11) is 0. The summed E-state index contributed by atoms with van der Waals surface area (Å²) in [5, 5.41) is 0. The van der Waals surface area contributed by atoms with Crippen molar-refractivity contribution in [3.05, 3.63) is 59.2 Å². The van der Waals surface area contributed by atoms with Crippen LogP contribution in [0.5, 0.6) is 0 Å². The molecule has 94 valence electrons. The Bertz CT molecular complexity index is 535. The molecule has 0 aliphatic carbocycles. The van der Waals surface area contributed by atoms with Gasteiger partial charge < -0.3 is 0 Å². The molecule has 2 aromatic carbocycles. The van der Waals surface area contributed by atoms with Crippen LogP contribution >= 0.6 is 0 Å². The Morgan fingerprint density at radius 3 is 2.11 bits per heavy atom.